The summed E-state index contributed by atoms with van der Waals surface area (Å²) in [6.45, 7) is 5.36. The molecule has 0 saturated carbocycles. The number of hydrogen-bond acceptors (Lipinski definition) is 3. The number of amides is 1. The predicted molar refractivity (Wildman–Crippen MR) is 84.4 cm³/mol. The number of benzene rings is 1. The third-order valence-electron chi connectivity index (χ3n) is 3.08. The average molecular weight is 330 g/mol. The Kier molecular flexibility index (Phi) is 6.08. The molecule has 5 nitrogen and oxygen atoms in total. The molecule has 22 heavy (non-hydrogen) atoms. The molecule has 0 aliphatic rings. The molecule has 0 aromatic heterocycles. The van der Waals surface area contributed by atoms with E-state index in [-0.39, 0.29) is 18.3 Å². The first-order valence-corrected chi connectivity index (χ1v) is 8.84. The van der Waals surface area contributed by atoms with Crippen molar-refractivity contribution in [2.45, 2.75) is 32.7 Å². The van der Waals surface area contributed by atoms with Crippen LogP contribution in [0.3, 0.4) is 0 Å². The summed E-state index contributed by atoms with van der Waals surface area (Å²) >= 11 is 0. The van der Waals surface area contributed by atoms with Crippen LogP contribution in [-0.4, -0.2) is 43.5 Å². The van der Waals surface area contributed by atoms with Crippen LogP contribution in [0.15, 0.2) is 24.3 Å². The molecule has 0 fully saturated rings. The minimum Gasteiger partial charge on any atom is -0.355 e. The topological polar surface area (TPSA) is 66.5 Å². The summed E-state index contributed by atoms with van der Waals surface area (Å²) in [6.07, 6.45) is 1.64. The van der Waals surface area contributed by atoms with Gasteiger partial charge in [0.1, 0.15) is 5.82 Å². The summed E-state index contributed by atoms with van der Waals surface area (Å²) in [4.78, 5) is 11.9. The molecule has 0 spiro atoms. The Labute approximate surface area is 131 Å². The minimum absolute atomic E-state index is 0.217. The summed E-state index contributed by atoms with van der Waals surface area (Å²) in [7, 11) is -3.47. The van der Waals surface area contributed by atoms with Crippen molar-refractivity contribution in [3.05, 3.63) is 35.6 Å². The van der Waals surface area contributed by atoms with Crippen molar-refractivity contribution < 1.29 is 17.6 Å². The lowest BCUT2D eigenvalue weighted by Crippen LogP contribution is -2.50. The van der Waals surface area contributed by atoms with E-state index in [0.717, 1.165) is 16.1 Å². The van der Waals surface area contributed by atoms with E-state index in [2.05, 4.69) is 5.32 Å². The maximum absolute atomic E-state index is 12.8. The fourth-order valence-corrected chi connectivity index (χ4v) is 3.38. The summed E-state index contributed by atoms with van der Waals surface area (Å²) in [5.41, 5.74) is 0.236. The fourth-order valence-electron chi connectivity index (χ4n) is 2.04. The maximum atomic E-state index is 12.8. The summed E-state index contributed by atoms with van der Waals surface area (Å²) in [5.74, 6) is -0.663. The molecule has 0 bridgehead atoms. The summed E-state index contributed by atoms with van der Waals surface area (Å²) < 4.78 is 37.4. The van der Waals surface area contributed by atoms with E-state index in [1.165, 1.54) is 12.1 Å². The molecule has 1 N–H and O–H groups in total. The Balaban J connectivity index is 2.53. The average Bonchev–Trinajstić information content (AvgIpc) is 2.36. The van der Waals surface area contributed by atoms with Crippen LogP contribution < -0.4 is 5.32 Å². The van der Waals surface area contributed by atoms with Crippen LogP contribution in [-0.2, 0) is 21.2 Å². The third kappa shape index (κ3) is 6.11. The van der Waals surface area contributed by atoms with Crippen molar-refractivity contribution in [2.75, 3.05) is 19.3 Å². The number of rotatable bonds is 6. The van der Waals surface area contributed by atoms with Crippen molar-refractivity contribution in [2.24, 2.45) is 0 Å². The summed E-state index contributed by atoms with van der Waals surface area (Å²) in [5, 5.41) is 2.68. The first-order chi connectivity index (χ1) is 10.00. The van der Waals surface area contributed by atoms with Gasteiger partial charge in [-0.2, -0.15) is 4.31 Å². The Morgan fingerprint density at radius 3 is 2.23 bits per heavy atom. The zero-order chi connectivity index (χ0) is 17.0. The highest BCUT2D eigenvalue weighted by molar-refractivity contribution is 7.88. The lowest BCUT2D eigenvalue weighted by atomic mass is 10.1. The zero-order valence-corrected chi connectivity index (χ0v) is 14.2. The van der Waals surface area contributed by atoms with Crippen molar-refractivity contribution >= 4 is 15.9 Å². The van der Waals surface area contributed by atoms with E-state index < -0.39 is 15.6 Å². The van der Waals surface area contributed by atoms with Crippen LogP contribution in [0.2, 0.25) is 0 Å². The molecule has 1 amide bonds. The first-order valence-electron chi connectivity index (χ1n) is 6.99. The Morgan fingerprint density at radius 1 is 1.23 bits per heavy atom. The molecule has 1 aromatic rings. The van der Waals surface area contributed by atoms with Gasteiger partial charge in [0.05, 0.1) is 12.8 Å². The standard InChI is InChI=1S/C15H23FN2O3S/c1-15(2,3)18(22(4,20)21)11-14(19)17-10-9-12-5-7-13(16)8-6-12/h5-8H,9-11H2,1-4H3,(H,17,19). The number of nitrogens with one attached hydrogen (secondary N) is 1. The smallest absolute Gasteiger partial charge is 0.235 e. The van der Waals surface area contributed by atoms with Gasteiger partial charge in [0, 0.05) is 12.1 Å². The van der Waals surface area contributed by atoms with Gasteiger partial charge < -0.3 is 5.32 Å². The van der Waals surface area contributed by atoms with Gasteiger partial charge in [0.25, 0.3) is 0 Å². The minimum atomic E-state index is -3.47. The Morgan fingerprint density at radius 2 is 1.77 bits per heavy atom. The lowest BCUT2D eigenvalue weighted by Gasteiger charge is -2.32. The van der Waals surface area contributed by atoms with Crippen LogP contribution in [0, 0.1) is 5.82 Å². The van der Waals surface area contributed by atoms with Gasteiger partial charge >= 0.3 is 0 Å². The van der Waals surface area contributed by atoms with E-state index in [0.29, 0.717) is 13.0 Å². The van der Waals surface area contributed by atoms with Gasteiger partial charge in [-0.15, -0.1) is 0 Å². The number of sulfonamides is 1. The molecule has 0 atom stereocenters. The van der Waals surface area contributed by atoms with Crippen LogP contribution in [0.4, 0.5) is 4.39 Å². The Hall–Kier alpha value is -1.47. The third-order valence-corrected chi connectivity index (χ3v) is 4.56. The van der Waals surface area contributed by atoms with Crippen molar-refractivity contribution in [3.8, 4) is 0 Å². The highest BCUT2D eigenvalue weighted by Gasteiger charge is 2.31. The number of nitrogens with zero attached hydrogens (tertiary/aromatic N) is 1. The summed E-state index contributed by atoms with van der Waals surface area (Å²) in [6, 6.07) is 6.03. The van der Waals surface area contributed by atoms with Crippen LogP contribution in [0.25, 0.3) is 0 Å². The largest absolute Gasteiger partial charge is 0.355 e. The van der Waals surface area contributed by atoms with Gasteiger partial charge in [-0.25, -0.2) is 12.8 Å². The van der Waals surface area contributed by atoms with Gasteiger partial charge in [0.2, 0.25) is 15.9 Å². The van der Waals surface area contributed by atoms with Crippen LogP contribution in [0.5, 0.6) is 0 Å². The molecule has 7 heteroatoms. The van der Waals surface area contributed by atoms with E-state index in [1.54, 1.807) is 32.9 Å². The van der Waals surface area contributed by atoms with Crippen molar-refractivity contribution in [1.82, 2.24) is 9.62 Å². The molecule has 0 unspecified atom stereocenters. The molecule has 0 saturated heterocycles. The second-order valence-corrected chi connectivity index (χ2v) is 8.07. The quantitative estimate of drug-likeness (QED) is 0.860. The predicted octanol–water partition coefficient (Wildman–Crippen LogP) is 1.54. The monoisotopic (exact) mass is 330 g/mol. The number of carbonyl (C=O) groups is 1. The Bertz CT molecular complexity index is 607. The van der Waals surface area contributed by atoms with E-state index in [9.17, 15) is 17.6 Å². The number of halogens is 1. The van der Waals surface area contributed by atoms with Gasteiger partial charge in [-0.1, -0.05) is 12.1 Å². The van der Waals surface area contributed by atoms with E-state index in [4.69, 9.17) is 0 Å². The van der Waals surface area contributed by atoms with Gasteiger partial charge in [-0.3, -0.25) is 4.79 Å². The van der Waals surface area contributed by atoms with E-state index in [1.807, 2.05) is 0 Å². The maximum Gasteiger partial charge on any atom is 0.235 e. The highest BCUT2D eigenvalue weighted by Crippen LogP contribution is 2.16. The second-order valence-electron chi connectivity index (χ2n) is 6.17. The van der Waals surface area contributed by atoms with Gasteiger partial charge in [0.15, 0.2) is 0 Å². The molecular weight excluding hydrogens is 307 g/mol. The first kappa shape index (κ1) is 18.6. The number of carbonyl (C=O) groups excluding carboxylic acids is 1. The van der Waals surface area contributed by atoms with Gasteiger partial charge in [-0.05, 0) is 44.9 Å². The molecular formula is C15H23FN2O3S. The molecule has 0 aliphatic carbocycles. The van der Waals surface area contributed by atoms with E-state index >= 15 is 0 Å². The zero-order valence-electron chi connectivity index (χ0n) is 13.4. The molecule has 1 aromatic carbocycles. The number of hydrogen-bond donors (Lipinski definition) is 1. The highest BCUT2D eigenvalue weighted by atomic mass is 32.2. The second kappa shape index (κ2) is 7.19. The lowest BCUT2D eigenvalue weighted by molar-refractivity contribution is -0.121. The fraction of sp³-hybridized carbons (Fsp3) is 0.533. The molecule has 1 rings (SSSR count). The van der Waals surface area contributed by atoms with Crippen LogP contribution >= 0.6 is 0 Å². The molecule has 0 radical (unpaired) electrons. The molecule has 0 heterocycles. The van der Waals surface area contributed by atoms with Crippen molar-refractivity contribution in [1.29, 1.82) is 0 Å². The normalized spacial score (nSPS) is 12.5. The molecule has 0 aliphatic heterocycles. The van der Waals surface area contributed by atoms with Crippen LogP contribution in [0.1, 0.15) is 26.3 Å². The van der Waals surface area contributed by atoms with Crippen molar-refractivity contribution in [3.63, 3.8) is 0 Å². The SMILES string of the molecule is CC(C)(C)N(CC(=O)NCCc1ccc(F)cc1)S(C)(=O)=O. The molecule has 124 valence electrons.